The maximum atomic E-state index is 11.9. The van der Waals surface area contributed by atoms with Crippen LogP contribution in [0, 0.1) is 10.1 Å². The summed E-state index contributed by atoms with van der Waals surface area (Å²) in [6.45, 7) is 2.11. The van der Waals surface area contributed by atoms with E-state index in [1.807, 2.05) is 6.92 Å². The van der Waals surface area contributed by atoms with Crippen molar-refractivity contribution in [3.63, 3.8) is 0 Å². The second-order valence-electron chi connectivity index (χ2n) is 4.15. The molecule has 1 aromatic rings. The zero-order valence-electron chi connectivity index (χ0n) is 11.0. The quantitative estimate of drug-likeness (QED) is 0.581. The summed E-state index contributed by atoms with van der Waals surface area (Å²) in [6.07, 6.45) is 1.60. The molecule has 0 heterocycles. The number of rotatable bonds is 7. The molecule has 0 aliphatic heterocycles. The molecule has 0 fully saturated rings. The summed E-state index contributed by atoms with van der Waals surface area (Å²) in [5.41, 5.74) is 5.57. The average Bonchev–Trinajstić information content (AvgIpc) is 2.37. The van der Waals surface area contributed by atoms with Crippen LogP contribution in [0.15, 0.2) is 29.2 Å². The van der Waals surface area contributed by atoms with Crippen LogP contribution in [0.4, 0.5) is 5.69 Å². The second-order valence-corrected chi connectivity index (χ2v) is 5.92. The summed E-state index contributed by atoms with van der Waals surface area (Å²) in [4.78, 5) is 9.88. The number of hydrogen-bond acceptors (Lipinski definition) is 5. The molecule has 0 saturated carbocycles. The second kappa shape index (κ2) is 8.15. The highest BCUT2D eigenvalue weighted by atomic mass is 35.5. The van der Waals surface area contributed by atoms with Crippen molar-refractivity contribution in [3.8, 4) is 0 Å². The summed E-state index contributed by atoms with van der Waals surface area (Å²) >= 11 is 0. The van der Waals surface area contributed by atoms with Gasteiger partial charge in [-0.2, -0.15) is 0 Å². The largest absolute Gasteiger partial charge is 0.327 e. The van der Waals surface area contributed by atoms with Crippen LogP contribution < -0.4 is 10.5 Å². The van der Waals surface area contributed by atoms with Crippen molar-refractivity contribution in [2.75, 3.05) is 6.54 Å². The van der Waals surface area contributed by atoms with Crippen LogP contribution in [-0.2, 0) is 10.0 Å². The highest BCUT2D eigenvalue weighted by Crippen LogP contribution is 2.15. The highest BCUT2D eigenvalue weighted by molar-refractivity contribution is 7.89. The van der Waals surface area contributed by atoms with Crippen LogP contribution >= 0.6 is 12.4 Å². The van der Waals surface area contributed by atoms with Crippen LogP contribution in [0.2, 0.25) is 0 Å². The number of halogens is 1. The van der Waals surface area contributed by atoms with Crippen molar-refractivity contribution in [1.82, 2.24) is 4.72 Å². The van der Waals surface area contributed by atoms with E-state index in [9.17, 15) is 18.5 Å². The molecule has 0 aliphatic rings. The fourth-order valence-corrected chi connectivity index (χ4v) is 2.61. The standard InChI is InChI=1S/C11H17N3O4S.ClH/c1-2-3-9(12)8-13-19(17,18)11-6-4-10(5-7-11)14(15)16;/h4-7,9,13H,2-3,8,12H2,1H3;1H. The van der Waals surface area contributed by atoms with Gasteiger partial charge in [-0.1, -0.05) is 13.3 Å². The number of nitro groups is 1. The van der Waals surface area contributed by atoms with Gasteiger partial charge in [-0.25, -0.2) is 13.1 Å². The van der Waals surface area contributed by atoms with Crippen molar-refractivity contribution in [1.29, 1.82) is 0 Å². The van der Waals surface area contributed by atoms with E-state index in [1.54, 1.807) is 0 Å². The van der Waals surface area contributed by atoms with Gasteiger partial charge in [-0.3, -0.25) is 10.1 Å². The number of benzene rings is 1. The lowest BCUT2D eigenvalue weighted by Gasteiger charge is -2.11. The van der Waals surface area contributed by atoms with Gasteiger partial charge in [-0.15, -0.1) is 12.4 Å². The number of nitrogens with two attached hydrogens (primary N) is 1. The van der Waals surface area contributed by atoms with Crippen molar-refractivity contribution in [3.05, 3.63) is 34.4 Å². The topological polar surface area (TPSA) is 115 Å². The minimum atomic E-state index is -3.67. The Labute approximate surface area is 124 Å². The maximum Gasteiger partial charge on any atom is 0.269 e. The predicted octanol–water partition coefficient (Wildman–Crippen LogP) is 1.42. The first-order valence-corrected chi connectivity index (χ1v) is 7.35. The Kier molecular flexibility index (Phi) is 7.66. The molecule has 0 aliphatic carbocycles. The molecule has 9 heteroatoms. The minimum Gasteiger partial charge on any atom is -0.327 e. The van der Waals surface area contributed by atoms with Gasteiger partial charge in [0, 0.05) is 24.7 Å². The number of non-ortho nitro benzene ring substituents is 1. The van der Waals surface area contributed by atoms with Crippen LogP contribution in [0.25, 0.3) is 0 Å². The Morgan fingerprint density at radius 2 is 1.90 bits per heavy atom. The van der Waals surface area contributed by atoms with Crippen molar-refractivity contribution in [2.45, 2.75) is 30.7 Å². The minimum absolute atomic E-state index is 0. The van der Waals surface area contributed by atoms with Gasteiger partial charge in [0.2, 0.25) is 10.0 Å². The average molecular weight is 324 g/mol. The fraction of sp³-hybridized carbons (Fsp3) is 0.455. The molecule has 7 nitrogen and oxygen atoms in total. The molecule has 3 N–H and O–H groups in total. The molecule has 20 heavy (non-hydrogen) atoms. The van der Waals surface area contributed by atoms with Gasteiger partial charge < -0.3 is 5.73 Å². The number of nitro benzene ring substituents is 1. The van der Waals surface area contributed by atoms with Crippen LogP contribution in [0.5, 0.6) is 0 Å². The summed E-state index contributed by atoms with van der Waals surface area (Å²) in [7, 11) is -3.67. The van der Waals surface area contributed by atoms with Crippen molar-refractivity contribution in [2.24, 2.45) is 5.73 Å². The van der Waals surface area contributed by atoms with E-state index in [1.165, 1.54) is 12.1 Å². The molecule has 1 atom stereocenters. The number of sulfonamides is 1. The number of hydrogen-bond donors (Lipinski definition) is 2. The molecule has 0 aromatic heterocycles. The molecule has 0 saturated heterocycles. The summed E-state index contributed by atoms with van der Waals surface area (Å²) in [5, 5.41) is 10.5. The van der Waals surface area contributed by atoms with E-state index in [0.29, 0.717) is 0 Å². The molecule has 114 valence electrons. The van der Waals surface area contributed by atoms with Gasteiger partial charge in [0.15, 0.2) is 0 Å². The molecular formula is C11H18ClN3O4S. The van der Waals surface area contributed by atoms with E-state index in [4.69, 9.17) is 5.73 Å². The SMILES string of the molecule is CCCC(N)CNS(=O)(=O)c1ccc([N+](=O)[O-])cc1.Cl. The van der Waals surface area contributed by atoms with Crippen molar-refractivity contribution < 1.29 is 13.3 Å². The predicted molar refractivity (Wildman–Crippen MR) is 78.4 cm³/mol. The Balaban J connectivity index is 0.00000361. The van der Waals surface area contributed by atoms with E-state index >= 15 is 0 Å². The third-order valence-corrected chi connectivity index (χ3v) is 3.99. The van der Waals surface area contributed by atoms with E-state index in [-0.39, 0.29) is 35.6 Å². The molecule has 0 spiro atoms. The number of nitrogens with one attached hydrogen (secondary N) is 1. The summed E-state index contributed by atoms with van der Waals surface area (Å²) < 4.78 is 26.2. The van der Waals surface area contributed by atoms with Crippen LogP contribution in [0.3, 0.4) is 0 Å². The summed E-state index contributed by atoms with van der Waals surface area (Å²) in [6, 6.07) is 4.47. The smallest absolute Gasteiger partial charge is 0.269 e. The molecule has 1 unspecified atom stereocenters. The molecule has 1 aromatic carbocycles. The first kappa shape index (κ1) is 18.8. The lowest BCUT2D eigenvalue weighted by molar-refractivity contribution is -0.384. The van der Waals surface area contributed by atoms with Crippen LogP contribution in [0.1, 0.15) is 19.8 Å². The Morgan fingerprint density at radius 1 is 1.35 bits per heavy atom. The summed E-state index contributed by atoms with van der Waals surface area (Å²) in [5.74, 6) is 0. The fourth-order valence-electron chi connectivity index (χ4n) is 1.52. The first-order valence-electron chi connectivity index (χ1n) is 5.86. The van der Waals surface area contributed by atoms with Crippen LogP contribution in [-0.4, -0.2) is 25.9 Å². The van der Waals surface area contributed by atoms with Gasteiger partial charge >= 0.3 is 0 Å². The number of nitrogens with zero attached hydrogens (tertiary/aromatic N) is 1. The monoisotopic (exact) mass is 323 g/mol. The van der Waals surface area contributed by atoms with Gasteiger partial charge in [0.05, 0.1) is 9.82 Å². The molecule has 0 amide bonds. The lowest BCUT2D eigenvalue weighted by atomic mass is 10.2. The zero-order valence-corrected chi connectivity index (χ0v) is 12.6. The third kappa shape index (κ3) is 5.41. The first-order chi connectivity index (χ1) is 8.86. The van der Waals surface area contributed by atoms with Crippen molar-refractivity contribution >= 4 is 28.1 Å². The lowest BCUT2D eigenvalue weighted by Crippen LogP contribution is -2.37. The Hall–Kier alpha value is -1.22. The molecule has 1 rings (SSSR count). The molecular weight excluding hydrogens is 306 g/mol. The van der Waals surface area contributed by atoms with Gasteiger partial charge in [0.1, 0.15) is 0 Å². The van der Waals surface area contributed by atoms with E-state index < -0.39 is 14.9 Å². The third-order valence-electron chi connectivity index (χ3n) is 2.55. The van der Waals surface area contributed by atoms with Gasteiger partial charge in [0.25, 0.3) is 5.69 Å². The molecule has 0 bridgehead atoms. The highest BCUT2D eigenvalue weighted by Gasteiger charge is 2.16. The Bertz CT molecular complexity index is 533. The normalized spacial score (nSPS) is 12.5. The van der Waals surface area contributed by atoms with E-state index in [0.717, 1.165) is 25.0 Å². The van der Waals surface area contributed by atoms with Gasteiger partial charge in [-0.05, 0) is 18.6 Å². The molecule has 0 radical (unpaired) electrons. The van der Waals surface area contributed by atoms with E-state index in [2.05, 4.69) is 4.72 Å². The zero-order chi connectivity index (χ0) is 14.5. The maximum absolute atomic E-state index is 11.9. The Morgan fingerprint density at radius 3 is 2.35 bits per heavy atom.